The van der Waals surface area contributed by atoms with E-state index < -0.39 is 41.3 Å². The highest BCUT2D eigenvalue weighted by Gasteiger charge is 2.47. The maximum atomic E-state index is 15.8. The number of piperazine rings is 1. The number of hydrogen-bond donors (Lipinski definition) is 8. The third-order valence-corrected chi connectivity index (χ3v) is 22.7. The van der Waals surface area contributed by atoms with Gasteiger partial charge in [0.1, 0.15) is 41.7 Å². The second kappa shape index (κ2) is 32.9. The average molecular weight is 1360 g/mol. The summed E-state index contributed by atoms with van der Waals surface area (Å²) in [5.41, 5.74) is 2.61. The molecule has 8 aliphatic rings. The molecule has 6 saturated heterocycles. The van der Waals surface area contributed by atoms with Crippen molar-refractivity contribution in [1.82, 2.24) is 66.8 Å². The second-order valence-corrected chi connectivity index (χ2v) is 30.5. The van der Waals surface area contributed by atoms with Crippen molar-refractivity contribution in [2.75, 3.05) is 127 Å². The van der Waals surface area contributed by atoms with Crippen LogP contribution in [0.25, 0.3) is 0 Å². The van der Waals surface area contributed by atoms with Crippen LogP contribution in [0.3, 0.4) is 0 Å². The number of aromatic nitrogens is 2. The number of piperidine rings is 2. The van der Waals surface area contributed by atoms with Gasteiger partial charge in [-0.3, -0.25) is 38.5 Å². The van der Waals surface area contributed by atoms with Crippen molar-refractivity contribution in [3.63, 3.8) is 0 Å². The lowest BCUT2D eigenvalue weighted by Gasteiger charge is -2.48. The monoisotopic (exact) mass is 1360 g/mol. The molecule has 7 amide bonds. The fourth-order valence-electron chi connectivity index (χ4n) is 16.5. The molecule has 6 atom stereocenters. The summed E-state index contributed by atoms with van der Waals surface area (Å²) in [6, 6.07) is 9.74. The molecule has 11 rings (SSSR count). The molecule has 7 fully saturated rings. The third-order valence-electron chi connectivity index (χ3n) is 22.7. The van der Waals surface area contributed by atoms with Gasteiger partial charge >= 0.3 is 0 Å². The lowest BCUT2D eigenvalue weighted by molar-refractivity contribution is -0.143. The van der Waals surface area contributed by atoms with Crippen LogP contribution in [-0.2, 0) is 46.5 Å². The normalized spacial score (nSPS) is 24.2. The molecular weight excluding hydrogens is 1250 g/mol. The van der Waals surface area contributed by atoms with Crippen molar-refractivity contribution in [3.05, 3.63) is 77.1 Å². The van der Waals surface area contributed by atoms with E-state index >= 15 is 8.78 Å². The molecule has 536 valence electrons. The summed E-state index contributed by atoms with van der Waals surface area (Å²) in [6.45, 7) is 17.0. The van der Waals surface area contributed by atoms with E-state index in [1.165, 1.54) is 24.0 Å². The Morgan fingerprint density at radius 1 is 0.714 bits per heavy atom. The Bertz CT molecular complexity index is 3280. The lowest BCUT2D eigenvalue weighted by atomic mass is 9.82. The van der Waals surface area contributed by atoms with Gasteiger partial charge in [-0.15, -0.1) is 0 Å². The molecule has 2 aliphatic carbocycles. The maximum absolute atomic E-state index is 15.8. The molecule has 6 aliphatic heterocycles. The maximum Gasteiger partial charge on any atom is 0.246 e. The van der Waals surface area contributed by atoms with E-state index in [9.17, 15) is 33.6 Å². The molecule has 0 radical (unpaired) electrons. The van der Waals surface area contributed by atoms with E-state index in [-0.39, 0.29) is 102 Å². The minimum Gasteiger partial charge on any atom is -0.370 e. The van der Waals surface area contributed by atoms with Crippen LogP contribution in [0.5, 0.6) is 0 Å². The number of carbonyl (C=O) groups excluding carboxylic acids is 7. The summed E-state index contributed by atoms with van der Waals surface area (Å²) < 4.78 is 31.3. The van der Waals surface area contributed by atoms with Crippen molar-refractivity contribution in [1.29, 1.82) is 0 Å². The molecule has 1 aromatic heterocycles. The van der Waals surface area contributed by atoms with Crippen LogP contribution in [0, 0.1) is 28.4 Å². The fourth-order valence-corrected chi connectivity index (χ4v) is 16.5. The fraction of sp³-hybridized carbons (Fsp3) is 0.685. The van der Waals surface area contributed by atoms with E-state index in [0.29, 0.717) is 89.4 Å². The van der Waals surface area contributed by atoms with Crippen LogP contribution in [0.1, 0.15) is 165 Å². The average Bonchev–Trinajstić information content (AvgIpc) is 1.29. The number of carbonyl (C=O) groups is 7. The summed E-state index contributed by atoms with van der Waals surface area (Å²) in [5, 5.41) is 25.0. The number of anilines is 3. The highest BCUT2D eigenvalue weighted by molar-refractivity contribution is 5.94. The zero-order valence-electron chi connectivity index (χ0n) is 58.4. The molecule has 23 nitrogen and oxygen atoms in total. The first kappa shape index (κ1) is 72.2. The zero-order valence-corrected chi connectivity index (χ0v) is 58.4. The van der Waals surface area contributed by atoms with E-state index in [2.05, 4.69) is 98.1 Å². The van der Waals surface area contributed by atoms with Gasteiger partial charge in [0.05, 0.1) is 29.9 Å². The van der Waals surface area contributed by atoms with Crippen molar-refractivity contribution in [2.24, 2.45) is 16.7 Å². The summed E-state index contributed by atoms with van der Waals surface area (Å²) in [6.07, 6.45) is 16.3. The molecule has 98 heavy (non-hydrogen) atoms. The molecule has 0 bridgehead atoms. The Balaban J connectivity index is 0.549. The number of likely N-dealkylation sites (tertiary alicyclic amines) is 4. The predicted octanol–water partition coefficient (Wildman–Crippen LogP) is 5.30. The Labute approximate surface area is 577 Å². The van der Waals surface area contributed by atoms with E-state index in [1.807, 2.05) is 18.2 Å². The number of halogens is 2. The molecule has 25 heteroatoms. The number of aryl methyl sites for hydroxylation is 1. The molecule has 1 unspecified atom stereocenters. The molecule has 1 saturated carbocycles. The van der Waals surface area contributed by atoms with E-state index in [0.717, 1.165) is 141 Å². The standard InChI is InChI=1S/C73H108F2N16O7/c1-50(76-4)68(96)84-67(52-14-6-5-7-15-52)70(98)91-44-54(40-60(91)69(97)83-58-18-10-16-51-13-8-9-17-55(51)58)82-65(94)20-19-63(92)79-30-12-31-87-35-24-72(46-87)25-36-88(47-72)32-21-64(93)78-29-11-28-77-61-42-62(81-49-80-61)89-37-26-73(27-38-89)48-90(45-66(95)85-73)59-41-56(74)53(39-57(59)75)43-86-33-22-71(2,3)23-34-86/h8-9,13,17,39,41-42,49-50,52,54,58,60,67,76H,5-7,10-12,14-16,18-38,40,43-48H2,1-4H3,(H,78,93)(H,79,92)(H,82,94)(H,83,97)(H,84,96)(H,85,95)(H,77,80,81)/t50-,54-,58?,60-,67-,72-/m0/s1. The summed E-state index contributed by atoms with van der Waals surface area (Å²) >= 11 is 0. The van der Waals surface area contributed by atoms with Crippen LogP contribution in [0.4, 0.5) is 26.1 Å². The van der Waals surface area contributed by atoms with Gasteiger partial charge in [0.2, 0.25) is 41.4 Å². The Morgan fingerprint density at radius 3 is 2.17 bits per heavy atom. The van der Waals surface area contributed by atoms with Crippen LogP contribution in [-0.4, -0.2) is 212 Å². The first-order chi connectivity index (χ1) is 47.2. The van der Waals surface area contributed by atoms with Gasteiger partial charge in [0.25, 0.3) is 0 Å². The Morgan fingerprint density at radius 2 is 1.42 bits per heavy atom. The highest BCUT2D eigenvalue weighted by atomic mass is 19.1. The smallest absolute Gasteiger partial charge is 0.246 e. The SMILES string of the molecule is CN[C@@H](C)C(=O)N[C@H](C(=O)N1C[C@@H](NC(=O)CCC(=O)NCCCN2CC[C@]3(CCN(CCC(=O)NCCCNc4cc(N5CCC6(CC5)CN(c5cc(F)c(CN7CCC(C)(C)CC7)cc5F)CC(=O)N6)ncn4)C3)C2)C[C@H]1C(=O)NC1CCCc2ccccc21)C1CCCCC1. The van der Waals surface area contributed by atoms with Gasteiger partial charge in [-0.1, -0.05) is 57.4 Å². The topological polar surface area (TPSA) is 261 Å². The van der Waals surface area contributed by atoms with Gasteiger partial charge in [-0.2, -0.15) is 0 Å². The highest BCUT2D eigenvalue weighted by Crippen LogP contribution is 2.40. The number of hydrogen-bond acceptors (Lipinski definition) is 16. The summed E-state index contributed by atoms with van der Waals surface area (Å²) in [5.74, 6) is -1.16. The van der Waals surface area contributed by atoms with Crippen molar-refractivity contribution < 1.29 is 42.3 Å². The summed E-state index contributed by atoms with van der Waals surface area (Å²) in [7, 11) is 1.70. The molecule has 8 N–H and O–H groups in total. The van der Waals surface area contributed by atoms with Crippen molar-refractivity contribution >= 4 is 58.7 Å². The Hall–Kier alpha value is -7.09. The molecule has 2 aromatic carbocycles. The van der Waals surface area contributed by atoms with Gasteiger partial charge < -0.3 is 67.0 Å². The van der Waals surface area contributed by atoms with Gasteiger partial charge in [-0.25, -0.2) is 18.7 Å². The molecular formula is C73H108F2N16O7. The van der Waals surface area contributed by atoms with Crippen LogP contribution >= 0.6 is 0 Å². The molecule has 7 heterocycles. The largest absolute Gasteiger partial charge is 0.370 e. The number of amides is 7. The van der Waals surface area contributed by atoms with Gasteiger partial charge in [0.15, 0.2) is 0 Å². The predicted molar refractivity (Wildman–Crippen MR) is 373 cm³/mol. The Kier molecular flexibility index (Phi) is 24.3. The number of nitrogens with zero attached hydrogens (tertiary/aromatic N) is 8. The van der Waals surface area contributed by atoms with Gasteiger partial charge in [-0.05, 0) is 171 Å². The van der Waals surface area contributed by atoms with Crippen LogP contribution in [0.15, 0.2) is 48.8 Å². The number of nitrogens with one attached hydrogen (secondary N) is 8. The molecule has 3 aromatic rings. The number of rotatable bonds is 27. The van der Waals surface area contributed by atoms with Crippen LogP contribution < -0.4 is 52.3 Å². The lowest BCUT2D eigenvalue weighted by Crippen LogP contribution is -2.66. The molecule has 2 spiro atoms. The second-order valence-electron chi connectivity index (χ2n) is 30.5. The summed E-state index contributed by atoms with van der Waals surface area (Å²) in [4.78, 5) is 117. The minimum absolute atomic E-state index is 0.0108. The van der Waals surface area contributed by atoms with Crippen LogP contribution in [0.2, 0.25) is 0 Å². The first-order valence-corrected chi connectivity index (χ1v) is 36.7. The van der Waals surface area contributed by atoms with Crippen molar-refractivity contribution in [3.8, 4) is 0 Å². The third kappa shape index (κ3) is 18.9. The zero-order chi connectivity index (χ0) is 69.0. The number of likely N-dealkylation sites (N-methyl/N-ethyl adjacent to an activating group) is 1. The first-order valence-electron chi connectivity index (χ1n) is 36.7. The van der Waals surface area contributed by atoms with Gasteiger partial charge in [0, 0.05) is 115 Å². The van der Waals surface area contributed by atoms with Crippen molar-refractivity contribution in [2.45, 2.75) is 191 Å². The number of benzene rings is 2. The van der Waals surface area contributed by atoms with E-state index in [4.69, 9.17) is 0 Å². The number of fused-ring (bicyclic) bond motifs is 1. The minimum atomic E-state index is -0.852. The quantitative estimate of drug-likeness (QED) is 0.0451. The van der Waals surface area contributed by atoms with E-state index in [1.54, 1.807) is 23.8 Å².